The third-order valence-electron chi connectivity index (χ3n) is 3.07. The van der Waals surface area contributed by atoms with Gasteiger partial charge in [0.2, 0.25) is 0 Å². The molecule has 1 aromatic carbocycles. The first kappa shape index (κ1) is 12.4. The molecule has 0 saturated carbocycles. The predicted octanol–water partition coefficient (Wildman–Crippen LogP) is 3.69. The van der Waals surface area contributed by atoms with E-state index in [1.54, 1.807) is 12.3 Å². The molecule has 0 aliphatic rings. The van der Waals surface area contributed by atoms with E-state index in [0.29, 0.717) is 6.42 Å². The molecule has 0 atom stereocenters. The number of fused-ring (bicyclic) bond motifs is 1. The molecule has 0 aliphatic carbocycles. The van der Waals surface area contributed by atoms with Crippen LogP contribution in [0.3, 0.4) is 0 Å². The van der Waals surface area contributed by atoms with Gasteiger partial charge < -0.3 is 4.98 Å². The van der Waals surface area contributed by atoms with Gasteiger partial charge in [-0.1, -0.05) is 24.1 Å². The molecular weight excluding hydrogens is 251 g/mol. The van der Waals surface area contributed by atoms with E-state index in [-0.39, 0.29) is 11.5 Å². The molecule has 2 aromatic heterocycles. The molecular formula is C17H13FN2. The van der Waals surface area contributed by atoms with Crippen molar-refractivity contribution < 1.29 is 4.39 Å². The van der Waals surface area contributed by atoms with Crippen molar-refractivity contribution >= 4 is 10.9 Å². The first-order valence-electron chi connectivity index (χ1n) is 6.49. The van der Waals surface area contributed by atoms with Crippen molar-refractivity contribution in [2.24, 2.45) is 0 Å². The second kappa shape index (κ2) is 5.58. The van der Waals surface area contributed by atoms with E-state index >= 15 is 0 Å². The highest BCUT2D eigenvalue weighted by Crippen LogP contribution is 2.15. The van der Waals surface area contributed by atoms with Gasteiger partial charge in [0.05, 0.1) is 0 Å². The molecule has 3 aromatic rings. The fourth-order valence-corrected chi connectivity index (χ4v) is 2.09. The molecule has 20 heavy (non-hydrogen) atoms. The number of halogens is 1. The van der Waals surface area contributed by atoms with E-state index in [4.69, 9.17) is 0 Å². The van der Waals surface area contributed by atoms with Crippen molar-refractivity contribution in [3.05, 3.63) is 65.9 Å². The van der Waals surface area contributed by atoms with Crippen molar-refractivity contribution in [3.63, 3.8) is 0 Å². The zero-order chi connectivity index (χ0) is 13.8. The molecule has 3 heteroatoms. The number of hydrogen-bond acceptors (Lipinski definition) is 1. The topological polar surface area (TPSA) is 28.7 Å². The summed E-state index contributed by atoms with van der Waals surface area (Å²) in [4.78, 5) is 7.25. The first-order chi connectivity index (χ1) is 9.83. The Labute approximate surface area is 116 Å². The number of hydrogen-bond donors (Lipinski definition) is 1. The minimum Gasteiger partial charge on any atom is -0.358 e. The Hall–Kier alpha value is -2.60. The number of aryl methyl sites for hydroxylation is 1. The van der Waals surface area contributed by atoms with Crippen molar-refractivity contribution in [1.29, 1.82) is 0 Å². The number of aromatic amines is 1. The van der Waals surface area contributed by atoms with Crippen LogP contribution in [-0.2, 0) is 6.42 Å². The number of rotatable bonds is 2. The number of benzene rings is 1. The lowest BCUT2D eigenvalue weighted by atomic mass is 10.2. The quantitative estimate of drug-likeness (QED) is 0.703. The Balaban J connectivity index is 1.67. The molecule has 0 fully saturated rings. The summed E-state index contributed by atoms with van der Waals surface area (Å²) in [5.41, 5.74) is 2.48. The molecule has 0 bridgehead atoms. The van der Waals surface area contributed by atoms with E-state index in [9.17, 15) is 4.39 Å². The Kier molecular flexibility index (Phi) is 3.47. The Morgan fingerprint density at radius 1 is 1.15 bits per heavy atom. The molecule has 0 aliphatic heterocycles. The largest absolute Gasteiger partial charge is 0.358 e. The first-order valence-corrected chi connectivity index (χ1v) is 6.49. The van der Waals surface area contributed by atoms with Crippen LogP contribution in [0.25, 0.3) is 10.9 Å². The number of para-hydroxylation sites is 1. The summed E-state index contributed by atoms with van der Waals surface area (Å²) in [5.74, 6) is 5.36. The van der Waals surface area contributed by atoms with Crippen molar-refractivity contribution in [2.75, 3.05) is 0 Å². The van der Waals surface area contributed by atoms with Crippen LogP contribution in [0, 0.1) is 17.7 Å². The summed E-state index contributed by atoms with van der Waals surface area (Å²) in [6.07, 6.45) is 3.03. The second-order valence-electron chi connectivity index (χ2n) is 4.52. The van der Waals surface area contributed by atoms with Gasteiger partial charge in [-0.2, -0.15) is 0 Å². The van der Waals surface area contributed by atoms with Crippen molar-refractivity contribution in [1.82, 2.24) is 9.97 Å². The van der Waals surface area contributed by atoms with Crippen molar-refractivity contribution in [2.45, 2.75) is 12.8 Å². The number of pyridine rings is 1. The summed E-state index contributed by atoms with van der Waals surface area (Å²) >= 11 is 0. The molecule has 0 spiro atoms. The predicted molar refractivity (Wildman–Crippen MR) is 77.7 cm³/mol. The van der Waals surface area contributed by atoms with Gasteiger partial charge in [-0.15, -0.1) is 0 Å². The minimum absolute atomic E-state index is 0.212. The Morgan fingerprint density at radius 3 is 2.90 bits per heavy atom. The lowest BCUT2D eigenvalue weighted by molar-refractivity contribution is 0.617. The highest BCUT2D eigenvalue weighted by atomic mass is 19.1. The van der Waals surface area contributed by atoms with Crippen LogP contribution in [0.15, 0.2) is 48.7 Å². The zero-order valence-corrected chi connectivity index (χ0v) is 10.9. The minimum atomic E-state index is -0.370. The summed E-state index contributed by atoms with van der Waals surface area (Å²) in [7, 11) is 0. The van der Waals surface area contributed by atoms with Crippen LogP contribution in [-0.4, -0.2) is 9.97 Å². The summed E-state index contributed by atoms with van der Waals surface area (Å²) in [6, 6.07) is 13.2. The van der Waals surface area contributed by atoms with Gasteiger partial charge >= 0.3 is 0 Å². The average molecular weight is 264 g/mol. The average Bonchev–Trinajstić information content (AvgIpc) is 2.88. The van der Waals surface area contributed by atoms with E-state index in [1.807, 2.05) is 18.2 Å². The van der Waals surface area contributed by atoms with Crippen LogP contribution < -0.4 is 0 Å². The third kappa shape index (κ3) is 2.70. The van der Waals surface area contributed by atoms with Crippen LogP contribution >= 0.6 is 0 Å². The molecule has 0 unspecified atom stereocenters. The molecule has 2 nitrogen and oxygen atoms in total. The normalized spacial score (nSPS) is 10.2. The summed E-state index contributed by atoms with van der Waals surface area (Å²) in [5, 5.41) is 1.20. The molecule has 3 rings (SSSR count). The SMILES string of the molecule is Fc1cccnc1C#CCCc1cc2ccccc2[nH]1. The lowest BCUT2D eigenvalue weighted by Crippen LogP contribution is -1.87. The highest BCUT2D eigenvalue weighted by Gasteiger charge is 1.99. The smallest absolute Gasteiger partial charge is 0.157 e. The van der Waals surface area contributed by atoms with Crippen molar-refractivity contribution in [3.8, 4) is 11.8 Å². The Bertz CT molecular complexity index is 760. The van der Waals surface area contributed by atoms with Gasteiger partial charge in [0.1, 0.15) is 5.69 Å². The molecule has 0 amide bonds. The lowest BCUT2D eigenvalue weighted by Gasteiger charge is -1.92. The standard InChI is InChI=1S/C17H13FN2/c18-15-8-5-11-19-17(15)10-4-2-7-14-12-13-6-1-3-9-16(13)20-14/h1,3,5-6,8-9,11-12,20H,2,7H2. The van der Waals surface area contributed by atoms with E-state index in [0.717, 1.165) is 17.6 Å². The maximum atomic E-state index is 13.3. The van der Waals surface area contributed by atoms with Gasteiger partial charge in [0, 0.05) is 23.8 Å². The van der Waals surface area contributed by atoms with Crippen LogP contribution in [0.4, 0.5) is 4.39 Å². The molecule has 1 N–H and O–H groups in total. The maximum absolute atomic E-state index is 13.3. The summed E-state index contributed by atoms with van der Waals surface area (Å²) < 4.78 is 13.3. The third-order valence-corrected chi connectivity index (χ3v) is 3.07. The highest BCUT2D eigenvalue weighted by molar-refractivity contribution is 5.80. The molecule has 98 valence electrons. The molecule has 0 radical (unpaired) electrons. The van der Waals surface area contributed by atoms with Crippen LogP contribution in [0.2, 0.25) is 0 Å². The molecule has 2 heterocycles. The second-order valence-corrected chi connectivity index (χ2v) is 4.52. The van der Waals surface area contributed by atoms with Gasteiger partial charge in [-0.05, 0) is 42.0 Å². The molecule has 0 saturated heterocycles. The van der Waals surface area contributed by atoms with Gasteiger partial charge in [0.15, 0.2) is 5.82 Å². The van der Waals surface area contributed by atoms with Crippen LogP contribution in [0.1, 0.15) is 17.8 Å². The van der Waals surface area contributed by atoms with E-state index < -0.39 is 0 Å². The fraction of sp³-hybridized carbons (Fsp3) is 0.118. The van der Waals surface area contributed by atoms with Gasteiger partial charge in [0.25, 0.3) is 0 Å². The monoisotopic (exact) mass is 264 g/mol. The summed E-state index contributed by atoms with van der Waals surface area (Å²) in [6.45, 7) is 0. The number of aromatic nitrogens is 2. The number of nitrogens with one attached hydrogen (secondary N) is 1. The Morgan fingerprint density at radius 2 is 2.05 bits per heavy atom. The van der Waals surface area contributed by atoms with Crippen LogP contribution in [0.5, 0.6) is 0 Å². The number of nitrogens with zero attached hydrogens (tertiary/aromatic N) is 1. The fourth-order valence-electron chi connectivity index (χ4n) is 2.09. The van der Waals surface area contributed by atoms with Gasteiger partial charge in [-0.3, -0.25) is 0 Å². The number of H-pyrrole nitrogens is 1. The maximum Gasteiger partial charge on any atom is 0.157 e. The van der Waals surface area contributed by atoms with Gasteiger partial charge in [-0.25, -0.2) is 9.37 Å². The van der Waals surface area contributed by atoms with E-state index in [2.05, 4.69) is 33.9 Å². The van der Waals surface area contributed by atoms with E-state index in [1.165, 1.54) is 11.5 Å². The zero-order valence-electron chi connectivity index (χ0n) is 10.9.